The van der Waals surface area contributed by atoms with Crippen LogP contribution in [0, 0.1) is 29.1 Å². The number of likely N-dealkylation sites (N-methyl/N-ethyl adjacent to an activating group) is 1. The number of ether oxygens (including phenoxy) is 1. The summed E-state index contributed by atoms with van der Waals surface area (Å²) >= 11 is 0. The third-order valence-corrected chi connectivity index (χ3v) is 12.4. The third-order valence-electron chi connectivity index (χ3n) is 12.4. The number of aliphatic hydroxyl groups excluding tert-OH is 1. The zero-order valence-corrected chi connectivity index (χ0v) is 34.4. The molecule has 3 saturated carbocycles. The number of alkyl halides is 3. The van der Waals surface area contributed by atoms with Gasteiger partial charge in [-0.15, -0.1) is 0 Å². The molecule has 0 spiro atoms. The second-order valence-electron chi connectivity index (χ2n) is 16.6. The first-order valence-corrected chi connectivity index (χ1v) is 19.8. The van der Waals surface area contributed by atoms with Crippen LogP contribution in [0.25, 0.3) is 5.57 Å². The van der Waals surface area contributed by atoms with E-state index < -0.39 is 48.7 Å². The minimum Gasteiger partial charge on any atom is -0.496 e. The molecule has 0 radical (unpaired) electrons. The molecule has 1 saturated heterocycles. The molecule has 2 bridgehead atoms. The molecule has 4 aliphatic rings. The number of allylic oxidation sites excluding steroid dienone is 3. The van der Waals surface area contributed by atoms with Crippen molar-refractivity contribution in [3.63, 3.8) is 0 Å². The molecule has 2 aromatic carbocycles. The van der Waals surface area contributed by atoms with Crippen LogP contribution < -0.4 is 20.7 Å². The fourth-order valence-corrected chi connectivity index (χ4v) is 8.94. The highest BCUT2D eigenvalue weighted by Crippen LogP contribution is 2.61. The van der Waals surface area contributed by atoms with Crippen LogP contribution in [0.15, 0.2) is 79.0 Å². The van der Waals surface area contributed by atoms with E-state index in [1.807, 2.05) is 60.7 Å². The Hall–Kier alpha value is -4.66. The summed E-state index contributed by atoms with van der Waals surface area (Å²) < 4.78 is 45.5. The van der Waals surface area contributed by atoms with Crippen LogP contribution in [0.4, 0.5) is 13.2 Å². The number of fused-ring (bicyclic) bond motifs is 2. The van der Waals surface area contributed by atoms with Crippen LogP contribution in [0.1, 0.15) is 57.2 Å². The van der Waals surface area contributed by atoms with E-state index in [-0.39, 0.29) is 29.8 Å². The van der Waals surface area contributed by atoms with Gasteiger partial charge in [0.2, 0.25) is 11.8 Å². The number of benzene rings is 2. The molecule has 316 valence electrons. The van der Waals surface area contributed by atoms with Gasteiger partial charge in [0, 0.05) is 62.0 Å². The van der Waals surface area contributed by atoms with Gasteiger partial charge in [0.05, 0.1) is 19.8 Å². The summed E-state index contributed by atoms with van der Waals surface area (Å²) in [7, 11) is 5.17. The minimum atomic E-state index is -5.12. The van der Waals surface area contributed by atoms with E-state index in [9.17, 15) is 32.7 Å². The summed E-state index contributed by atoms with van der Waals surface area (Å²) in [5.41, 5.74) is 3.71. The topological polar surface area (TPSA) is 132 Å². The quantitative estimate of drug-likeness (QED) is 0.131. The second-order valence-corrected chi connectivity index (χ2v) is 16.6. The normalized spacial score (nSPS) is 26.1. The Labute approximate surface area is 339 Å². The number of nitrogens with zero attached hydrogens (tertiary/aromatic N) is 2. The highest BCUT2D eigenvalue weighted by Gasteiger charge is 2.57. The second kappa shape index (κ2) is 18.5. The van der Waals surface area contributed by atoms with Crippen molar-refractivity contribution in [3.8, 4) is 5.75 Å². The summed E-state index contributed by atoms with van der Waals surface area (Å²) in [6.45, 7) is 12.2. The standard InChI is InChI=1S/C44H58F3N5O6/c1-26(21-32(51(6)7)17-18-37(54)48-20-19-29-13-10-9-11-14-29)33-16-12-15-30(40(33)57-8)25-52-39(38(28(3)53)36(58-52)24-49-42(56)44(45,46)47)41(55)50-35-23-31-22-34(27(35)2)43(31,4)5/h9-18,21,27-28,31,34-36,38-39,53H,1,19-20,22-25H2,2-8H3,(H,48,54)(H,49,56)(H,50,55)/b18-17+,32-21+/t27-,28-,31+,34-,35-,36-,38+,39-/m0/s1. The Kier molecular flexibility index (Phi) is 14.2. The molecule has 3 aliphatic carbocycles. The molecule has 58 heavy (non-hydrogen) atoms. The van der Waals surface area contributed by atoms with Crippen LogP contribution in [0.5, 0.6) is 5.75 Å². The maximum absolute atomic E-state index is 14.3. The van der Waals surface area contributed by atoms with E-state index >= 15 is 0 Å². The number of amides is 3. The molecule has 1 aliphatic heterocycles. The number of carbonyl (C=O) groups is 3. The Bertz CT molecular complexity index is 1860. The van der Waals surface area contributed by atoms with E-state index in [1.54, 1.807) is 24.3 Å². The van der Waals surface area contributed by atoms with Crippen LogP contribution in [-0.4, -0.2) is 97.6 Å². The van der Waals surface area contributed by atoms with Gasteiger partial charge in [-0.25, -0.2) is 0 Å². The summed E-state index contributed by atoms with van der Waals surface area (Å²) in [4.78, 5) is 46.9. The summed E-state index contributed by atoms with van der Waals surface area (Å²) in [5.74, 6) is -2.30. The number of hydrogen-bond donors (Lipinski definition) is 4. The molecule has 6 rings (SSSR count). The van der Waals surface area contributed by atoms with E-state index in [0.717, 1.165) is 18.4 Å². The van der Waals surface area contributed by atoms with E-state index in [1.165, 1.54) is 25.2 Å². The average Bonchev–Trinajstić information content (AvgIpc) is 3.53. The lowest BCUT2D eigenvalue weighted by Crippen LogP contribution is -2.62. The van der Waals surface area contributed by atoms with Gasteiger partial charge in [-0.3, -0.25) is 19.2 Å². The Balaban J connectivity index is 1.37. The first kappa shape index (κ1) is 44.4. The van der Waals surface area contributed by atoms with Crippen molar-refractivity contribution in [2.24, 2.45) is 29.1 Å². The first-order valence-electron chi connectivity index (χ1n) is 19.8. The van der Waals surface area contributed by atoms with E-state index in [4.69, 9.17) is 9.57 Å². The minimum absolute atomic E-state index is 0.0544. The maximum atomic E-state index is 14.3. The Morgan fingerprint density at radius 2 is 1.79 bits per heavy atom. The largest absolute Gasteiger partial charge is 0.496 e. The zero-order valence-electron chi connectivity index (χ0n) is 34.4. The number of para-hydroxylation sites is 1. The highest BCUT2D eigenvalue weighted by atomic mass is 19.4. The lowest BCUT2D eigenvalue weighted by molar-refractivity contribution is -0.183. The lowest BCUT2D eigenvalue weighted by Gasteiger charge is -2.62. The number of carbonyl (C=O) groups excluding carboxylic acids is 3. The van der Waals surface area contributed by atoms with Gasteiger partial charge in [-0.1, -0.05) is 75.9 Å². The molecular weight excluding hydrogens is 752 g/mol. The van der Waals surface area contributed by atoms with Gasteiger partial charge in [-0.05, 0) is 72.6 Å². The highest BCUT2D eigenvalue weighted by molar-refractivity contribution is 5.88. The lowest BCUT2D eigenvalue weighted by atomic mass is 9.45. The van der Waals surface area contributed by atoms with Crippen molar-refractivity contribution in [2.75, 3.05) is 34.3 Å². The smallest absolute Gasteiger partial charge is 0.471 e. The maximum Gasteiger partial charge on any atom is 0.471 e. The van der Waals surface area contributed by atoms with Crippen LogP contribution in [0.2, 0.25) is 0 Å². The number of halogens is 3. The van der Waals surface area contributed by atoms with Crippen LogP contribution >= 0.6 is 0 Å². The predicted octanol–water partition coefficient (Wildman–Crippen LogP) is 5.42. The summed E-state index contributed by atoms with van der Waals surface area (Å²) in [6, 6.07) is 14.0. The number of rotatable bonds is 16. The number of aliphatic hydroxyl groups is 1. The molecule has 0 aromatic heterocycles. The van der Waals surface area contributed by atoms with Gasteiger partial charge in [0.1, 0.15) is 17.9 Å². The number of methoxy groups -OCH3 is 1. The fourth-order valence-electron chi connectivity index (χ4n) is 8.94. The molecule has 4 fully saturated rings. The monoisotopic (exact) mass is 809 g/mol. The first-order chi connectivity index (χ1) is 27.3. The van der Waals surface area contributed by atoms with Gasteiger partial charge in [0.15, 0.2) is 0 Å². The molecule has 2 aromatic rings. The average molecular weight is 810 g/mol. The van der Waals surface area contributed by atoms with Gasteiger partial charge < -0.3 is 30.7 Å². The zero-order chi connectivity index (χ0) is 42.5. The molecule has 3 amide bonds. The van der Waals surface area contributed by atoms with Gasteiger partial charge in [-0.2, -0.15) is 18.2 Å². The van der Waals surface area contributed by atoms with Crippen LogP contribution in [-0.2, 0) is 32.2 Å². The molecule has 0 unspecified atom stereocenters. The van der Waals surface area contributed by atoms with Crippen molar-refractivity contribution in [1.29, 1.82) is 0 Å². The number of hydroxylamine groups is 2. The van der Waals surface area contributed by atoms with Crippen molar-refractivity contribution in [2.45, 2.75) is 84.0 Å². The molecule has 14 heteroatoms. The van der Waals surface area contributed by atoms with Crippen molar-refractivity contribution < 1.29 is 42.2 Å². The molecular formula is C44H58F3N5O6. The third kappa shape index (κ3) is 10.1. The molecule has 1 heterocycles. The van der Waals surface area contributed by atoms with Crippen molar-refractivity contribution in [1.82, 2.24) is 25.9 Å². The van der Waals surface area contributed by atoms with Crippen LogP contribution in [0.3, 0.4) is 0 Å². The van der Waals surface area contributed by atoms with E-state index in [2.05, 4.69) is 38.0 Å². The van der Waals surface area contributed by atoms with Crippen molar-refractivity contribution in [3.05, 3.63) is 95.7 Å². The van der Waals surface area contributed by atoms with E-state index in [0.29, 0.717) is 52.9 Å². The Morgan fingerprint density at radius 3 is 2.40 bits per heavy atom. The van der Waals surface area contributed by atoms with Gasteiger partial charge >= 0.3 is 12.1 Å². The van der Waals surface area contributed by atoms with Gasteiger partial charge in [0.25, 0.3) is 0 Å². The predicted molar refractivity (Wildman–Crippen MR) is 216 cm³/mol. The SMILES string of the molecule is C=C(/C=C(\C=C\C(=O)NCCc1ccccc1)N(C)C)c1cccc(CN2O[C@@H](CNC(=O)C(F)(F)F)[C@@H]([C@H](C)O)[C@H]2C(=O)N[C@H]2C[C@H]3C[C@@H]([C@@H]2C)C3(C)C)c1OC. The van der Waals surface area contributed by atoms with Crippen molar-refractivity contribution >= 4 is 23.3 Å². The number of nitrogens with one attached hydrogen (secondary N) is 3. The molecule has 11 nitrogen and oxygen atoms in total. The molecule has 4 N–H and O–H groups in total. The summed E-state index contributed by atoms with van der Waals surface area (Å²) in [5, 5.41) is 20.4. The fraction of sp³-hybridized carbons (Fsp3) is 0.523. The number of hydrogen-bond acceptors (Lipinski definition) is 8. The summed E-state index contributed by atoms with van der Waals surface area (Å²) in [6.07, 6.45) is 0.0742. The Morgan fingerprint density at radius 1 is 1.09 bits per heavy atom. The molecule has 8 atom stereocenters.